The largest absolute Gasteiger partial charge is 0.356 e. The topological polar surface area (TPSA) is 49.3 Å². The van der Waals surface area contributed by atoms with E-state index >= 15 is 0 Å². The molecule has 0 bridgehead atoms. The Morgan fingerprint density at radius 3 is 2.40 bits per heavy atom. The Bertz CT molecular complexity index is 730. The lowest BCUT2D eigenvalue weighted by atomic mass is 10.1. The van der Waals surface area contributed by atoms with E-state index in [9.17, 15) is 4.79 Å². The molecule has 6 heteroatoms. The second-order valence-corrected chi connectivity index (χ2v) is 7.66. The summed E-state index contributed by atoms with van der Waals surface area (Å²) in [5.41, 5.74) is 1.04. The van der Waals surface area contributed by atoms with Gasteiger partial charge in [-0.3, -0.25) is 4.79 Å². The van der Waals surface area contributed by atoms with Crippen LogP contribution in [0.2, 0.25) is 0 Å². The van der Waals surface area contributed by atoms with Crippen LogP contribution < -0.4 is 4.90 Å². The third-order valence-corrected chi connectivity index (χ3v) is 6.30. The van der Waals surface area contributed by atoms with Crippen molar-refractivity contribution >= 4 is 33.3 Å². The number of aromatic nitrogens is 2. The number of rotatable bonds is 4. The summed E-state index contributed by atoms with van der Waals surface area (Å²) in [5, 5.41) is 1.07. The van der Waals surface area contributed by atoms with E-state index in [1.54, 1.807) is 6.33 Å². The highest BCUT2D eigenvalue weighted by atomic mass is 32.1. The lowest BCUT2D eigenvalue weighted by Crippen LogP contribution is -2.30. The standard InChI is InChI=1S/C19H28N4OS/c1-4-22(5-2)19(24)16-14(3)15-17(20-13-21-18(15)25-16)23-11-9-7-6-8-10-12-23/h13H,4-12H2,1-3H3. The van der Waals surface area contributed by atoms with Gasteiger partial charge in [0.25, 0.3) is 5.91 Å². The Morgan fingerprint density at radius 1 is 1.12 bits per heavy atom. The molecule has 0 atom stereocenters. The molecule has 0 aromatic carbocycles. The number of amides is 1. The van der Waals surface area contributed by atoms with Crippen LogP contribution in [0.25, 0.3) is 10.2 Å². The van der Waals surface area contributed by atoms with Crippen molar-refractivity contribution in [3.05, 3.63) is 16.8 Å². The van der Waals surface area contributed by atoms with E-state index in [1.807, 2.05) is 25.7 Å². The molecule has 1 saturated heterocycles. The predicted octanol–water partition coefficient (Wildman–Crippen LogP) is 4.25. The Morgan fingerprint density at radius 2 is 1.76 bits per heavy atom. The minimum atomic E-state index is 0.115. The summed E-state index contributed by atoms with van der Waals surface area (Å²) in [4.78, 5) is 28.0. The summed E-state index contributed by atoms with van der Waals surface area (Å²) in [5.74, 6) is 1.13. The molecule has 3 rings (SSSR count). The lowest BCUT2D eigenvalue weighted by Gasteiger charge is -2.26. The average molecular weight is 361 g/mol. The molecule has 2 aromatic rings. The first-order valence-electron chi connectivity index (χ1n) is 9.45. The monoisotopic (exact) mass is 360 g/mol. The third-order valence-electron chi connectivity index (χ3n) is 5.11. The second kappa shape index (κ2) is 8.13. The van der Waals surface area contributed by atoms with Crippen LogP contribution in [-0.4, -0.2) is 47.0 Å². The van der Waals surface area contributed by atoms with Crippen LogP contribution in [-0.2, 0) is 0 Å². The van der Waals surface area contributed by atoms with E-state index < -0.39 is 0 Å². The van der Waals surface area contributed by atoms with Crippen LogP contribution in [0.1, 0.15) is 61.2 Å². The number of aryl methyl sites for hydroxylation is 1. The number of fused-ring (bicyclic) bond motifs is 1. The predicted molar refractivity (Wildman–Crippen MR) is 105 cm³/mol. The van der Waals surface area contributed by atoms with Crippen molar-refractivity contribution in [2.24, 2.45) is 0 Å². The van der Waals surface area contributed by atoms with Gasteiger partial charge in [-0.05, 0) is 39.2 Å². The van der Waals surface area contributed by atoms with E-state index in [0.29, 0.717) is 0 Å². The van der Waals surface area contributed by atoms with Gasteiger partial charge in [0.1, 0.15) is 17.0 Å². The zero-order valence-corrected chi connectivity index (χ0v) is 16.4. The first kappa shape index (κ1) is 18.1. The number of hydrogen-bond donors (Lipinski definition) is 0. The molecule has 1 amide bonds. The molecule has 1 fully saturated rings. The van der Waals surface area contributed by atoms with Crippen molar-refractivity contribution in [1.82, 2.24) is 14.9 Å². The van der Waals surface area contributed by atoms with E-state index in [1.165, 1.54) is 43.4 Å². The molecule has 0 N–H and O–H groups in total. The van der Waals surface area contributed by atoms with E-state index in [2.05, 4.69) is 14.9 Å². The Hall–Kier alpha value is -1.69. The maximum Gasteiger partial charge on any atom is 0.264 e. The highest BCUT2D eigenvalue weighted by molar-refractivity contribution is 7.20. The van der Waals surface area contributed by atoms with Crippen LogP contribution in [0.3, 0.4) is 0 Å². The van der Waals surface area contributed by atoms with Crippen LogP contribution in [0.15, 0.2) is 6.33 Å². The van der Waals surface area contributed by atoms with Crippen molar-refractivity contribution in [3.63, 3.8) is 0 Å². The van der Waals surface area contributed by atoms with Crippen LogP contribution in [0.4, 0.5) is 5.82 Å². The molecule has 5 nitrogen and oxygen atoms in total. The van der Waals surface area contributed by atoms with Gasteiger partial charge in [-0.25, -0.2) is 9.97 Å². The highest BCUT2D eigenvalue weighted by Gasteiger charge is 2.24. The number of anilines is 1. The molecule has 0 saturated carbocycles. The van der Waals surface area contributed by atoms with Crippen LogP contribution in [0.5, 0.6) is 0 Å². The van der Waals surface area contributed by atoms with E-state index in [4.69, 9.17) is 0 Å². The maximum absolute atomic E-state index is 12.9. The molecule has 0 spiro atoms. The smallest absolute Gasteiger partial charge is 0.264 e. The van der Waals surface area contributed by atoms with E-state index in [0.717, 1.165) is 52.7 Å². The molecule has 0 radical (unpaired) electrons. The summed E-state index contributed by atoms with van der Waals surface area (Å²) in [6.07, 6.45) is 7.99. The van der Waals surface area contributed by atoms with Gasteiger partial charge in [0.05, 0.1) is 10.3 Å². The highest BCUT2D eigenvalue weighted by Crippen LogP contribution is 2.36. The average Bonchev–Trinajstić information content (AvgIpc) is 2.93. The lowest BCUT2D eigenvalue weighted by molar-refractivity contribution is 0.0777. The normalized spacial score (nSPS) is 15.9. The molecule has 0 aliphatic carbocycles. The Balaban J connectivity index is 2.02. The molecular formula is C19H28N4OS. The number of carbonyl (C=O) groups is 1. The quantitative estimate of drug-likeness (QED) is 0.818. The molecule has 2 aromatic heterocycles. The third kappa shape index (κ3) is 3.64. The molecule has 0 unspecified atom stereocenters. The fourth-order valence-electron chi connectivity index (χ4n) is 3.61. The van der Waals surface area contributed by atoms with Gasteiger partial charge < -0.3 is 9.80 Å². The summed E-state index contributed by atoms with van der Waals surface area (Å²) >= 11 is 1.51. The maximum atomic E-state index is 12.9. The summed E-state index contributed by atoms with van der Waals surface area (Å²) in [6, 6.07) is 0. The van der Waals surface area contributed by atoms with Crippen molar-refractivity contribution in [1.29, 1.82) is 0 Å². The first-order valence-corrected chi connectivity index (χ1v) is 10.3. The zero-order chi connectivity index (χ0) is 17.8. The van der Waals surface area contributed by atoms with Gasteiger partial charge in [-0.2, -0.15) is 0 Å². The fourth-order valence-corrected chi connectivity index (χ4v) is 4.72. The van der Waals surface area contributed by atoms with Crippen molar-refractivity contribution in [3.8, 4) is 0 Å². The number of nitrogens with zero attached hydrogens (tertiary/aromatic N) is 4. The minimum absolute atomic E-state index is 0.115. The van der Waals surface area contributed by atoms with Crippen LogP contribution >= 0.6 is 11.3 Å². The van der Waals surface area contributed by atoms with Gasteiger partial charge in [0.15, 0.2) is 0 Å². The molecule has 1 aliphatic heterocycles. The van der Waals surface area contributed by atoms with Gasteiger partial charge in [0, 0.05) is 26.2 Å². The Labute approximate surface area is 154 Å². The fraction of sp³-hybridized carbons (Fsp3) is 0.632. The summed E-state index contributed by atoms with van der Waals surface area (Å²) < 4.78 is 0. The number of hydrogen-bond acceptors (Lipinski definition) is 5. The Kier molecular flexibility index (Phi) is 5.89. The number of thiophene rings is 1. The minimum Gasteiger partial charge on any atom is -0.356 e. The van der Waals surface area contributed by atoms with Gasteiger partial charge >= 0.3 is 0 Å². The molecular weight excluding hydrogens is 332 g/mol. The SMILES string of the molecule is CCN(CC)C(=O)c1sc2ncnc(N3CCCCCCC3)c2c1C. The van der Waals surface area contributed by atoms with Crippen molar-refractivity contribution in [2.45, 2.75) is 52.9 Å². The van der Waals surface area contributed by atoms with Gasteiger partial charge in [-0.15, -0.1) is 11.3 Å². The molecule has 136 valence electrons. The van der Waals surface area contributed by atoms with Crippen LogP contribution in [0, 0.1) is 6.92 Å². The first-order chi connectivity index (χ1) is 12.2. The van der Waals surface area contributed by atoms with Gasteiger partial charge in [0.2, 0.25) is 0 Å². The van der Waals surface area contributed by atoms with Crippen molar-refractivity contribution < 1.29 is 4.79 Å². The molecule has 25 heavy (non-hydrogen) atoms. The second-order valence-electron chi connectivity index (χ2n) is 6.67. The zero-order valence-electron chi connectivity index (χ0n) is 15.5. The molecule has 3 heterocycles. The van der Waals surface area contributed by atoms with E-state index in [-0.39, 0.29) is 5.91 Å². The van der Waals surface area contributed by atoms with Crippen molar-refractivity contribution in [2.75, 3.05) is 31.1 Å². The summed E-state index contributed by atoms with van der Waals surface area (Å²) in [6.45, 7) is 9.64. The summed E-state index contributed by atoms with van der Waals surface area (Å²) in [7, 11) is 0. The molecule has 1 aliphatic rings. The number of carbonyl (C=O) groups excluding carboxylic acids is 1. The van der Waals surface area contributed by atoms with Gasteiger partial charge in [-0.1, -0.05) is 19.3 Å².